The molecule has 5 rings (SSSR count). The fourth-order valence-electron chi connectivity index (χ4n) is 12.2. The number of methoxy groups -OCH3 is 2. The van der Waals surface area contributed by atoms with Crippen LogP contribution in [-0.2, 0) is 63.5 Å². The number of carbonyl (C=O) groups is 5. The molecule has 0 spiro atoms. The number of nitrogens with zero attached hydrogens (tertiary/aromatic N) is 4. The number of hydrogen-bond donors (Lipinski definition) is 8. The van der Waals surface area contributed by atoms with Gasteiger partial charge in [-0.05, 0) is 119 Å². The molecule has 2 aromatic rings. The van der Waals surface area contributed by atoms with Gasteiger partial charge in [0.05, 0.1) is 59.8 Å². The molecule has 86 heavy (non-hydrogen) atoms. The molecule has 20 atom stereocenters. The molecule has 0 unspecified atom stereocenters. The Balaban J connectivity index is 0.00000145. The Morgan fingerprint density at radius 2 is 1.41 bits per heavy atom. The van der Waals surface area contributed by atoms with Gasteiger partial charge in [-0.2, -0.15) is 0 Å². The second kappa shape index (κ2) is 31.1. The lowest BCUT2D eigenvalue weighted by atomic mass is 9.74. The molecule has 8 N–H and O–H groups in total. The number of aryl methyl sites for hydroxylation is 1. The number of ketones is 1. The number of aliphatic hydroxyl groups is 5. The maximum Gasteiger partial charge on any atom is 0.341 e. The van der Waals surface area contributed by atoms with Crippen LogP contribution < -0.4 is 10.4 Å². The number of hydrogen-bond acceptors (Lipinski definition) is 22. The molecule has 0 aliphatic carbocycles. The molecule has 0 radical (unpaired) electrons. The van der Waals surface area contributed by atoms with Crippen molar-refractivity contribution in [2.24, 2.45) is 23.7 Å². The lowest BCUT2D eigenvalue weighted by Gasteiger charge is -2.50. The molecule has 0 bridgehead atoms. The quantitative estimate of drug-likeness (QED) is 0.0830. The van der Waals surface area contributed by atoms with Gasteiger partial charge >= 0.3 is 23.9 Å². The van der Waals surface area contributed by atoms with Crippen LogP contribution in [0.5, 0.6) is 0 Å². The number of fused-ring (bicyclic) bond motifs is 1. The second-order valence-electron chi connectivity index (χ2n) is 24.7. The molecule has 26 nitrogen and oxygen atoms in total. The van der Waals surface area contributed by atoms with E-state index in [2.05, 4.69) is 4.90 Å². The summed E-state index contributed by atoms with van der Waals surface area (Å²) < 4.78 is 53.9. The molecule has 3 aliphatic rings. The number of esters is 1. The summed E-state index contributed by atoms with van der Waals surface area (Å²) in [5.41, 5.74) is -3.51. The molecule has 1 aromatic carbocycles. The van der Waals surface area contributed by atoms with E-state index in [-0.39, 0.29) is 42.8 Å². The third kappa shape index (κ3) is 17.5. The average molecular weight is 1230 g/mol. The largest absolute Gasteiger partial charge is 0.479 e. The number of aliphatic carboxylic acids is 2. The van der Waals surface area contributed by atoms with Crippen molar-refractivity contribution in [1.82, 2.24) is 14.5 Å². The van der Waals surface area contributed by atoms with E-state index >= 15 is 0 Å². The predicted octanol–water partition coefficient (Wildman–Crippen LogP) is 2.12. The SMILES string of the molecule is CC[C@H]1OC(=O)[C@H](C)[C@@H](O[C@H]2C[C@@](C)(OC)[C@@H](OCCN(C)CCCc3ccc4c(c3)c(=O)c(C(=O)O)cn4N(C)C)[C@H](C)O2)[C@H](C)[C@@H](O[C@@H]2O[C@H](C)C[C@H](N(C)C)[C@H]2O)[C@](C)(OC)C[C@@H](C)C(=O)[C@H](C)[C@@H](O)[C@]1(C)O.O=C(O)[C@@H](O)[C@H](O)C(=O)O. The van der Waals surface area contributed by atoms with Crippen molar-refractivity contribution < 1.29 is 103 Å². The van der Waals surface area contributed by atoms with Gasteiger partial charge in [-0.1, -0.05) is 33.8 Å². The van der Waals surface area contributed by atoms with Gasteiger partial charge in [0.15, 0.2) is 24.8 Å². The summed E-state index contributed by atoms with van der Waals surface area (Å²) in [4.78, 5) is 77.5. The molecule has 490 valence electrons. The van der Waals surface area contributed by atoms with Crippen molar-refractivity contribution in [1.29, 1.82) is 0 Å². The summed E-state index contributed by atoms with van der Waals surface area (Å²) in [5, 5.41) is 79.6. The molecule has 3 aliphatic heterocycles. The number of likely N-dealkylation sites (N-methyl/N-ethyl adjacent to an activating group) is 2. The zero-order valence-electron chi connectivity index (χ0n) is 53.1. The average Bonchev–Trinajstić information content (AvgIpc) is 1.13. The van der Waals surface area contributed by atoms with Gasteiger partial charge in [-0.15, -0.1) is 0 Å². The van der Waals surface area contributed by atoms with E-state index in [9.17, 15) is 49.2 Å². The van der Waals surface area contributed by atoms with E-state index in [1.807, 2.05) is 72.8 Å². The van der Waals surface area contributed by atoms with Gasteiger partial charge in [-0.25, -0.2) is 14.4 Å². The van der Waals surface area contributed by atoms with Crippen molar-refractivity contribution >= 4 is 40.6 Å². The highest BCUT2D eigenvalue weighted by molar-refractivity contribution is 5.93. The summed E-state index contributed by atoms with van der Waals surface area (Å²) in [7, 11) is 12.4. The number of Topliss-reactive ketones (excluding diaryl/α,β-unsaturated/α-hetero) is 1. The summed E-state index contributed by atoms with van der Waals surface area (Å²) in [6.07, 6.45) is -10.2. The lowest BCUT2D eigenvalue weighted by molar-refractivity contribution is -0.322. The fourth-order valence-corrected chi connectivity index (χ4v) is 12.2. The zero-order chi connectivity index (χ0) is 65.2. The Morgan fingerprint density at radius 1 is 0.814 bits per heavy atom. The number of carboxylic acid groups (broad SMARTS) is 3. The molecule has 1 aromatic heterocycles. The van der Waals surface area contributed by atoms with E-state index in [1.54, 1.807) is 64.7 Å². The number of ether oxygens (including phenoxy) is 8. The van der Waals surface area contributed by atoms with Crippen molar-refractivity contribution in [3.8, 4) is 0 Å². The van der Waals surface area contributed by atoms with Gasteiger partial charge in [0.25, 0.3) is 0 Å². The van der Waals surface area contributed by atoms with E-state index in [0.717, 1.165) is 12.0 Å². The highest BCUT2D eigenvalue weighted by Crippen LogP contribution is 2.42. The summed E-state index contributed by atoms with van der Waals surface area (Å²) in [6, 6.07) is 5.27. The van der Waals surface area contributed by atoms with Gasteiger partial charge < -0.3 is 93.6 Å². The van der Waals surface area contributed by atoms with Crippen LogP contribution >= 0.6 is 0 Å². The normalized spacial score (nSPS) is 34.8. The lowest BCUT2D eigenvalue weighted by Crippen LogP contribution is -2.61. The van der Waals surface area contributed by atoms with Crippen LogP contribution in [0, 0.1) is 23.7 Å². The van der Waals surface area contributed by atoms with Crippen LogP contribution in [0.4, 0.5) is 0 Å². The first-order valence-electron chi connectivity index (χ1n) is 29.3. The number of rotatable bonds is 21. The molecule has 0 saturated carbocycles. The Hall–Kier alpha value is -4.78. The highest BCUT2D eigenvalue weighted by atomic mass is 16.7. The van der Waals surface area contributed by atoms with E-state index in [0.29, 0.717) is 43.4 Å². The van der Waals surface area contributed by atoms with Crippen LogP contribution in [0.15, 0.2) is 29.2 Å². The molecular formula is C60H98N4O22. The van der Waals surface area contributed by atoms with Gasteiger partial charge in [0, 0.05) is 76.7 Å². The van der Waals surface area contributed by atoms with E-state index in [1.165, 1.54) is 20.2 Å². The minimum absolute atomic E-state index is 0.0869. The molecule has 4 heterocycles. The number of benzene rings is 1. The third-order valence-corrected chi connectivity index (χ3v) is 17.5. The minimum atomic E-state index is -2.27. The molecule has 3 saturated heterocycles. The number of carboxylic acids is 3. The van der Waals surface area contributed by atoms with Gasteiger partial charge in [-0.3, -0.25) is 19.1 Å². The first-order valence-corrected chi connectivity index (χ1v) is 29.3. The van der Waals surface area contributed by atoms with Crippen LogP contribution in [-0.4, -0.2) is 251 Å². The van der Waals surface area contributed by atoms with Gasteiger partial charge in [0.1, 0.15) is 35.3 Å². The number of aromatic carboxylic acids is 1. The van der Waals surface area contributed by atoms with Crippen molar-refractivity contribution in [2.45, 2.75) is 204 Å². The van der Waals surface area contributed by atoms with Crippen molar-refractivity contribution in [3.05, 3.63) is 45.7 Å². The summed E-state index contributed by atoms with van der Waals surface area (Å²) >= 11 is 0. The topological polar surface area (TPSA) is 353 Å². The molecule has 26 heteroatoms. The molecule has 0 amide bonds. The number of aliphatic hydroxyl groups excluding tert-OH is 4. The third-order valence-electron chi connectivity index (χ3n) is 17.5. The fraction of sp³-hybridized carbons (Fsp3) is 0.767. The van der Waals surface area contributed by atoms with E-state index < -0.39 is 137 Å². The maximum atomic E-state index is 14.6. The number of pyridine rings is 1. The Labute approximate surface area is 504 Å². The summed E-state index contributed by atoms with van der Waals surface area (Å²) in [6.45, 7) is 19.1. The maximum absolute atomic E-state index is 14.6. The molecule has 3 fully saturated rings. The zero-order valence-corrected chi connectivity index (χ0v) is 53.1. The number of carbonyl (C=O) groups excluding carboxylic acids is 2. The van der Waals surface area contributed by atoms with Crippen LogP contribution in [0.1, 0.15) is 117 Å². The Morgan fingerprint density at radius 3 is 1.94 bits per heavy atom. The smallest absolute Gasteiger partial charge is 0.341 e. The van der Waals surface area contributed by atoms with Crippen LogP contribution in [0.3, 0.4) is 0 Å². The second-order valence-corrected chi connectivity index (χ2v) is 24.7. The predicted molar refractivity (Wildman–Crippen MR) is 313 cm³/mol. The first kappa shape index (κ1) is 73.7. The van der Waals surface area contributed by atoms with Crippen molar-refractivity contribution in [3.63, 3.8) is 0 Å². The van der Waals surface area contributed by atoms with Crippen LogP contribution in [0.25, 0.3) is 10.9 Å². The van der Waals surface area contributed by atoms with E-state index in [4.69, 9.17) is 58.3 Å². The highest BCUT2D eigenvalue weighted by Gasteiger charge is 2.54. The van der Waals surface area contributed by atoms with Gasteiger partial charge in [0.2, 0.25) is 5.43 Å². The summed E-state index contributed by atoms with van der Waals surface area (Å²) in [5.74, 6) is -9.45. The first-order chi connectivity index (χ1) is 39.9. The Kier molecular flexibility index (Phi) is 26.7. The standard InChI is InChI=1S/C56H92N4O16.C4H6O6/c1-18-42-56(10,68)48(64)33(4)44(61)31(2)28-54(8,69-16)49(76-53-46(63)41(57(11)12)26-32(3)72-53)34(5)47(35(6)52(67)74-42)75-43-29-55(9,70-17)50(36(7)73-43)71-25-24-59(15)23-19-20-37-21-22-40-38(27-37)45(62)39(51(65)66)30-60(40)58(13)14;5-1(3(7)8)2(6)4(9)10/h21-22,27,30-36,41-43,46-50,53,63-64,68H,18-20,23-26,28-29H2,1-17H3,(H,65,66);1-2,5-6H,(H,7,8)(H,9,10)/t31-,32-,33+,34+,35-,36+,41+,42-,43+,46-,47+,48-,49-,50+,53+,54-,55-,56-;1-,2-/m10/s1. The molecular weight excluding hydrogens is 1130 g/mol. The van der Waals surface area contributed by atoms with Crippen LogP contribution in [0.2, 0.25) is 0 Å². The number of aromatic nitrogens is 1. The monoisotopic (exact) mass is 1230 g/mol. The minimum Gasteiger partial charge on any atom is -0.479 e. The van der Waals surface area contributed by atoms with Crippen molar-refractivity contribution in [2.75, 3.05) is 74.2 Å². The number of cyclic esters (lactones) is 1. The Bertz CT molecular complexity index is 2640.